The Hall–Kier alpha value is -1.25. The van der Waals surface area contributed by atoms with Crippen molar-refractivity contribution < 1.29 is 13.2 Å². The molecule has 0 heterocycles. The van der Waals surface area contributed by atoms with Gasteiger partial charge in [0.25, 0.3) is 0 Å². The lowest BCUT2D eigenvalue weighted by molar-refractivity contribution is -0.137. The van der Waals surface area contributed by atoms with Crippen LogP contribution in [0.15, 0.2) is 36.4 Å². The first kappa shape index (κ1) is 20.1. The zero-order valence-corrected chi connectivity index (χ0v) is 15.3. The standard InChI is InChI=1S/C22H31F3/c1-2-3-4-7-18-10-12-19(13-11-18)8-5-6-9-20-14-16-21(17-15-20)22(23,24)25/h5-6,14-19H,2-4,7-13H2,1H3. The summed E-state index contributed by atoms with van der Waals surface area (Å²) in [4.78, 5) is 0. The van der Waals surface area contributed by atoms with Crippen molar-refractivity contribution in [2.45, 2.75) is 77.3 Å². The second-order valence-electron chi connectivity index (χ2n) is 7.49. The molecule has 0 aliphatic heterocycles. The number of benzene rings is 1. The van der Waals surface area contributed by atoms with Crippen molar-refractivity contribution in [3.8, 4) is 0 Å². The Morgan fingerprint density at radius 3 is 2.16 bits per heavy atom. The van der Waals surface area contributed by atoms with Crippen LogP contribution < -0.4 is 0 Å². The number of rotatable bonds is 8. The van der Waals surface area contributed by atoms with E-state index < -0.39 is 11.7 Å². The van der Waals surface area contributed by atoms with Crippen LogP contribution in [-0.4, -0.2) is 0 Å². The lowest BCUT2D eigenvalue weighted by atomic mass is 9.78. The minimum absolute atomic E-state index is 0.573. The predicted molar refractivity (Wildman–Crippen MR) is 98.5 cm³/mol. The summed E-state index contributed by atoms with van der Waals surface area (Å²) < 4.78 is 37.6. The number of hydrogen-bond acceptors (Lipinski definition) is 0. The average Bonchev–Trinajstić information content (AvgIpc) is 2.60. The zero-order valence-electron chi connectivity index (χ0n) is 15.3. The molecule has 1 fully saturated rings. The maximum atomic E-state index is 12.5. The van der Waals surface area contributed by atoms with Crippen LogP contribution in [0.3, 0.4) is 0 Å². The van der Waals surface area contributed by atoms with Crippen LogP contribution in [-0.2, 0) is 12.6 Å². The van der Waals surface area contributed by atoms with Gasteiger partial charge >= 0.3 is 6.18 Å². The van der Waals surface area contributed by atoms with Crippen molar-refractivity contribution in [1.82, 2.24) is 0 Å². The lowest BCUT2D eigenvalue weighted by Crippen LogP contribution is -2.14. The molecule has 0 radical (unpaired) electrons. The highest BCUT2D eigenvalue weighted by Gasteiger charge is 2.29. The second-order valence-corrected chi connectivity index (χ2v) is 7.49. The van der Waals surface area contributed by atoms with Crippen LogP contribution >= 0.6 is 0 Å². The minimum Gasteiger partial charge on any atom is -0.166 e. The summed E-state index contributed by atoms with van der Waals surface area (Å²) >= 11 is 0. The molecule has 25 heavy (non-hydrogen) atoms. The molecule has 0 bridgehead atoms. The smallest absolute Gasteiger partial charge is 0.166 e. The highest BCUT2D eigenvalue weighted by Crippen LogP contribution is 2.34. The molecule has 0 nitrogen and oxygen atoms in total. The molecule has 3 heteroatoms. The SMILES string of the molecule is CCCCCC1CCC(CC=CCc2ccc(C(F)(F)F)cc2)CC1. The maximum Gasteiger partial charge on any atom is 0.416 e. The van der Waals surface area contributed by atoms with Gasteiger partial charge in [0.05, 0.1) is 5.56 Å². The average molecular weight is 352 g/mol. The highest BCUT2D eigenvalue weighted by atomic mass is 19.4. The Morgan fingerprint density at radius 1 is 0.920 bits per heavy atom. The molecule has 0 spiro atoms. The molecule has 1 aliphatic carbocycles. The van der Waals surface area contributed by atoms with Gasteiger partial charge in [-0.05, 0) is 55.2 Å². The molecule has 1 aromatic carbocycles. The van der Waals surface area contributed by atoms with Gasteiger partial charge in [0, 0.05) is 0 Å². The van der Waals surface area contributed by atoms with Crippen LogP contribution in [0.1, 0.15) is 75.8 Å². The van der Waals surface area contributed by atoms with Gasteiger partial charge in [-0.15, -0.1) is 0 Å². The first-order valence-electron chi connectivity index (χ1n) is 9.80. The van der Waals surface area contributed by atoms with Gasteiger partial charge in [-0.25, -0.2) is 0 Å². The monoisotopic (exact) mass is 352 g/mol. The topological polar surface area (TPSA) is 0 Å². The molecule has 1 aromatic rings. The van der Waals surface area contributed by atoms with Crippen molar-refractivity contribution in [2.24, 2.45) is 11.8 Å². The van der Waals surface area contributed by atoms with Crippen LogP contribution in [0.5, 0.6) is 0 Å². The Bertz CT molecular complexity index is 505. The molecule has 1 saturated carbocycles. The Labute approximate surface area is 150 Å². The Balaban J connectivity index is 1.65. The molecular weight excluding hydrogens is 321 g/mol. The summed E-state index contributed by atoms with van der Waals surface area (Å²) in [6.07, 6.45) is 12.8. The van der Waals surface area contributed by atoms with Crippen molar-refractivity contribution >= 4 is 0 Å². The number of halogens is 3. The van der Waals surface area contributed by atoms with Gasteiger partial charge in [-0.2, -0.15) is 13.2 Å². The summed E-state index contributed by atoms with van der Waals surface area (Å²) in [6.45, 7) is 2.26. The van der Waals surface area contributed by atoms with Crippen LogP contribution in [0.4, 0.5) is 13.2 Å². The lowest BCUT2D eigenvalue weighted by Gasteiger charge is -2.27. The summed E-state index contributed by atoms with van der Waals surface area (Å²) in [5.41, 5.74) is 0.361. The molecular formula is C22H31F3. The van der Waals surface area contributed by atoms with Crippen LogP contribution in [0, 0.1) is 11.8 Å². The molecule has 0 unspecified atom stereocenters. The van der Waals surface area contributed by atoms with E-state index in [0.717, 1.165) is 23.8 Å². The molecule has 2 rings (SSSR count). The third kappa shape index (κ3) is 7.25. The number of alkyl halides is 3. The van der Waals surface area contributed by atoms with Crippen molar-refractivity contribution in [2.75, 3.05) is 0 Å². The Kier molecular flexibility index (Phi) is 8.05. The van der Waals surface area contributed by atoms with Gasteiger partial charge in [0.2, 0.25) is 0 Å². The minimum atomic E-state index is -4.25. The van der Waals surface area contributed by atoms with Gasteiger partial charge in [-0.3, -0.25) is 0 Å². The quantitative estimate of drug-likeness (QED) is 0.334. The van der Waals surface area contributed by atoms with E-state index in [9.17, 15) is 13.2 Å². The summed E-state index contributed by atoms with van der Waals surface area (Å²) in [6, 6.07) is 5.50. The largest absolute Gasteiger partial charge is 0.416 e. The fourth-order valence-electron chi connectivity index (χ4n) is 3.78. The number of unbranched alkanes of at least 4 members (excludes halogenated alkanes) is 2. The fraction of sp³-hybridized carbons (Fsp3) is 0.636. The van der Waals surface area contributed by atoms with Crippen molar-refractivity contribution in [3.05, 3.63) is 47.5 Å². The molecule has 0 saturated heterocycles. The highest BCUT2D eigenvalue weighted by molar-refractivity contribution is 5.25. The molecule has 0 aromatic heterocycles. The van der Waals surface area contributed by atoms with Gasteiger partial charge in [0.15, 0.2) is 0 Å². The summed E-state index contributed by atoms with van der Waals surface area (Å²) in [7, 11) is 0. The van der Waals surface area contributed by atoms with E-state index in [-0.39, 0.29) is 0 Å². The van der Waals surface area contributed by atoms with Gasteiger partial charge < -0.3 is 0 Å². The molecule has 0 atom stereocenters. The van der Waals surface area contributed by atoms with Crippen molar-refractivity contribution in [1.29, 1.82) is 0 Å². The van der Waals surface area contributed by atoms with E-state index >= 15 is 0 Å². The molecule has 1 aliphatic rings. The van der Waals surface area contributed by atoms with E-state index in [1.54, 1.807) is 12.1 Å². The van der Waals surface area contributed by atoms with E-state index in [0.29, 0.717) is 6.42 Å². The normalized spacial score (nSPS) is 21.8. The Morgan fingerprint density at radius 2 is 1.56 bits per heavy atom. The van der Waals surface area contributed by atoms with Gasteiger partial charge in [0.1, 0.15) is 0 Å². The summed E-state index contributed by atoms with van der Waals surface area (Å²) in [5.74, 6) is 1.74. The summed E-state index contributed by atoms with van der Waals surface area (Å²) in [5, 5.41) is 0. The third-order valence-electron chi connectivity index (χ3n) is 5.45. The first-order chi connectivity index (χ1) is 12.0. The maximum absolute atomic E-state index is 12.5. The first-order valence-corrected chi connectivity index (χ1v) is 9.80. The third-order valence-corrected chi connectivity index (χ3v) is 5.45. The van der Waals surface area contributed by atoms with Gasteiger partial charge in [-0.1, -0.05) is 69.7 Å². The van der Waals surface area contributed by atoms with E-state index in [4.69, 9.17) is 0 Å². The molecule has 0 amide bonds. The van der Waals surface area contributed by atoms with Crippen LogP contribution in [0.25, 0.3) is 0 Å². The second kappa shape index (κ2) is 10.0. The molecule has 0 N–H and O–H groups in total. The number of allylic oxidation sites excluding steroid dienone is 2. The zero-order chi connectivity index (χ0) is 18.1. The van der Waals surface area contributed by atoms with E-state index in [1.165, 1.54) is 63.5 Å². The molecule has 140 valence electrons. The van der Waals surface area contributed by atoms with E-state index in [1.807, 2.05) is 0 Å². The fourth-order valence-corrected chi connectivity index (χ4v) is 3.78. The van der Waals surface area contributed by atoms with Crippen LogP contribution in [0.2, 0.25) is 0 Å². The number of hydrogen-bond donors (Lipinski definition) is 0. The predicted octanol–water partition coefficient (Wildman–Crippen LogP) is 7.58. The van der Waals surface area contributed by atoms with Crippen molar-refractivity contribution in [3.63, 3.8) is 0 Å². The van der Waals surface area contributed by atoms with E-state index in [2.05, 4.69) is 19.1 Å².